The molecule has 1 aliphatic carbocycles. The summed E-state index contributed by atoms with van der Waals surface area (Å²) in [7, 11) is 1.36. The number of nitro benzene ring substituents is 1. The Balaban J connectivity index is 1.76. The monoisotopic (exact) mass is 384 g/mol. The summed E-state index contributed by atoms with van der Waals surface area (Å²) >= 11 is 5.97. The van der Waals surface area contributed by atoms with Gasteiger partial charge in [0.2, 0.25) is 0 Å². The molecule has 7 heteroatoms. The summed E-state index contributed by atoms with van der Waals surface area (Å²) in [6.07, 6.45) is 5.11. The predicted molar refractivity (Wildman–Crippen MR) is 102 cm³/mol. The van der Waals surface area contributed by atoms with Crippen molar-refractivity contribution in [3.63, 3.8) is 0 Å². The van der Waals surface area contributed by atoms with Crippen molar-refractivity contribution in [2.24, 2.45) is 5.92 Å². The first-order valence-electron chi connectivity index (χ1n) is 8.59. The SMILES string of the molecule is COC(=O)c1ccc2c(c1)C1C=CCC1C(c1ccc(Cl)c([N+](=O)[O-])c1)N2. The van der Waals surface area contributed by atoms with Crippen LogP contribution in [-0.4, -0.2) is 18.0 Å². The smallest absolute Gasteiger partial charge is 0.337 e. The zero-order valence-corrected chi connectivity index (χ0v) is 15.3. The molecule has 0 radical (unpaired) electrons. The van der Waals surface area contributed by atoms with Crippen molar-refractivity contribution in [1.29, 1.82) is 0 Å². The van der Waals surface area contributed by atoms with Crippen LogP contribution in [0.4, 0.5) is 11.4 Å². The molecule has 1 aliphatic heterocycles. The molecule has 4 rings (SSSR count). The summed E-state index contributed by atoms with van der Waals surface area (Å²) in [6, 6.07) is 10.3. The maximum atomic E-state index is 11.9. The fourth-order valence-corrected chi connectivity index (χ4v) is 4.22. The van der Waals surface area contributed by atoms with Crippen molar-refractivity contribution in [2.75, 3.05) is 12.4 Å². The lowest BCUT2D eigenvalue weighted by Gasteiger charge is -2.37. The van der Waals surface area contributed by atoms with Crippen LogP contribution in [0.1, 0.15) is 39.9 Å². The van der Waals surface area contributed by atoms with Gasteiger partial charge in [0, 0.05) is 17.7 Å². The lowest BCUT2D eigenvalue weighted by atomic mass is 9.76. The van der Waals surface area contributed by atoms with Gasteiger partial charge in [-0.05, 0) is 47.7 Å². The van der Waals surface area contributed by atoms with E-state index in [4.69, 9.17) is 16.3 Å². The number of ether oxygens (including phenoxy) is 1. The number of hydrogen-bond acceptors (Lipinski definition) is 5. The number of anilines is 1. The zero-order valence-electron chi connectivity index (χ0n) is 14.5. The van der Waals surface area contributed by atoms with E-state index in [-0.39, 0.29) is 34.6 Å². The largest absolute Gasteiger partial charge is 0.465 e. The Labute approximate surface area is 160 Å². The number of nitrogens with one attached hydrogen (secondary N) is 1. The number of carbonyl (C=O) groups is 1. The van der Waals surface area contributed by atoms with E-state index < -0.39 is 4.92 Å². The minimum atomic E-state index is -0.463. The van der Waals surface area contributed by atoms with Gasteiger partial charge < -0.3 is 10.1 Å². The number of benzene rings is 2. The summed E-state index contributed by atoms with van der Waals surface area (Å²) in [4.78, 5) is 22.7. The molecule has 0 aromatic heterocycles. The van der Waals surface area contributed by atoms with Gasteiger partial charge in [-0.3, -0.25) is 10.1 Å². The average Bonchev–Trinajstić information content (AvgIpc) is 3.16. The molecule has 27 heavy (non-hydrogen) atoms. The van der Waals surface area contributed by atoms with Gasteiger partial charge in [0.25, 0.3) is 5.69 Å². The minimum Gasteiger partial charge on any atom is -0.465 e. The van der Waals surface area contributed by atoms with E-state index in [1.807, 2.05) is 18.2 Å². The molecule has 0 saturated heterocycles. The lowest BCUT2D eigenvalue weighted by molar-refractivity contribution is -0.384. The fourth-order valence-electron chi connectivity index (χ4n) is 4.03. The van der Waals surface area contributed by atoms with Crippen molar-refractivity contribution in [3.05, 3.63) is 80.4 Å². The van der Waals surface area contributed by atoms with Crippen LogP contribution < -0.4 is 5.32 Å². The molecular formula is C20H17ClN2O4. The van der Waals surface area contributed by atoms with Crippen LogP contribution in [0.2, 0.25) is 5.02 Å². The van der Waals surface area contributed by atoms with E-state index in [0.29, 0.717) is 5.56 Å². The third-order valence-electron chi connectivity index (χ3n) is 5.31. The molecule has 0 fully saturated rings. The number of methoxy groups -OCH3 is 1. The molecule has 1 N–H and O–H groups in total. The Morgan fingerprint density at radius 1 is 1.30 bits per heavy atom. The van der Waals surface area contributed by atoms with Crippen LogP contribution in [0, 0.1) is 16.0 Å². The van der Waals surface area contributed by atoms with Crippen molar-refractivity contribution in [3.8, 4) is 0 Å². The van der Waals surface area contributed by atoms with Crippen molar-refractivity contribution in [2.45, 2.75) is 18.4 Å². The molecule has 0 amide bonds. The molecule has 2 aromatic carbocycles. The van der Waals surface area contributed by atoms with Crippen LogP contribution in [0.15, 0.2) is 48.6 Å². The third kappa shape index (κ3) is 2.96. The summed E-state index contributed by atoms with van der Waals surface area (Å²) in [6.45, 7) is 0. The number of rotatable bonds is 3. The van der Waals surface area contributed by atoms with Gasteiger partial charge in [0.15, 0.2) is 0 Å². The second-order valence-electron chi connectivity index (χ2n) is 6.74. The highest BCUT2D eigenvalue weighted by Crippen LogP contribution is 2.50. The van der Waals surface area contributed by atoms with Crippen molar-refractivity contribution in [1.82, 2.24) is 0 Å². The standard InChI is InChI=1S/C20H17ClN2O4/c1-27-20(24)12-6-8-17-15(9-12)13-3-2-4-14(13)19(22-17)11-5-7-16(21)18(10-11)23(25)26/h2-3,5-10,13-14,19,22H,4H2,1H3. The quantitative estimate of drug-likeness (QED) is 0.353. The molecule has 2 aromatic rings. The van der Waals surface area contributed by atoms with Gasteiger partial charge in [0.05, 0.1) is 23.6 Å². The molecule has 138 valence electrons. The summed E-state index contributed by atoms with van der Waals surface area (Å²) in [5, 5.41) is 14.9. The Morgan fingerprint density at radius 3 is 2.85 bits per heavy atom. The Kier molecular flexibility index (Phi) is 4.36. The highest BCUT2D eigenvalue weighted by atomic mass is 35.5. The summed E-state index contributed by atoms with van der Waals surface area (Å²) < 4.78 is 4.82. The molecular weight excluding hydrogens is 368 g/mol. The van der Waals surface area contributed by atoms with E-state index in [1.54, 1.807) is 18.2 Å². The zero-order chi connectivity index (χ0) is 19.1. The normalized spacial score (nSPS) is 22.5. The summed E-state index contributed by atoms with van der Waals surface area (Å²) in [5.74, 6) is -0.0384. The Bertz CT molecular complexity index is 972. The van der Waals surface area contributed by atoms with Crippen LogP contribution in [0.5, 0.6) is 0 Å². The third-order valence-corrected chi connectivity index (χ3v) is 5.63. The molecule has 2 aliphatic rings. The molecule has 6 nitrogen and oxygen atoms in total. The number of esters is 1. The molecule has 3 atom stereocenters. The predicted octanol–water partition coefficient (Wildman–Crippen LogP) is 4.86. The Morgan fingerprint density at radius 2 is 2.11 bits per heavy atom. The number of halogens is 1. The number of nitro groups is 1. The highest BCUT2D eigenvalue weighted by Gasteiger charge is 2.38. The number of fused-ring (bicyclic) bond motifs is 3. The van der Waals surface area contributed by atoms with Crippen LogP contribution in [-0.2, 0) is 4.74 Å². The van der Waals surface area contributed by atoms with Crippen LogP contribution in [0.3, 0.4) is 0 Å². The van der Waals surface area contributed by atoms with Gasteiger partial charge in [-0.2, -0.15) is 0 Å². The van der Waals surface area contributed by atoms with Crippen LogP contribution in [0.25, 0.3) is 0 Å². The molecule has 0 spiro atoms. The van der Waals surface area contributed by atoms with E-state index in [0.717, 1.165) is 23.2 Å². The Hall–Kier alpha value is -2.86. The molecule has 1 heterocycles. The van der Waals surface area contributed by atoms with E-state index >= 15 is 0 Å². The van der Waals surface area contributed by atoms with Crippen molar-refractivity contribution >= 4 is 28.9 Å². The maximum Gasteiger partial charge on any atom is 0.337 e. The van der Waals surface area contributed by atoms with Gasteiger partial charge in [-0.25, -0.2) is 4.79 Å². The van der Waals surface area contributed by atoms with E-state index in [1.165, 1.54) is 7.11 Å². The van der Waals surface area contributed by atoms with Crippen molar-refractivity contribution < 1.29 is 14.5 Å². The second-order valence-corrected chi connectivity index (χ2v) is 7.14. The first-order valence-corrected chi connectivity index (χ1v) is 8.96. The number of carbonyl (C=O) groups excluding carboxylic acids is 1. The first kappa shape index (κ1) is 17.5. The topological polar surface area (TPSA) is 81.5 Å². The van der Waals surface area contributed by atoms with Crippen LogP contribution >= 0.6 is 11.6 Å². The van der Waals surface area contributed by atoms with Gasteiger partial charge >= 0.3 is 5.97 Å². The van der Waals surface area contributed by atoms with Gasteiger partial charge in [0.1, 0.15) is 5.02 Å². The molecule has 0 saturated carbocycles. The van der Waals surface area contributed by atoms with E-state index in [2.05, 4.69) is 17.5 Å². The fraction of sp³-hybridized carbons (Fsp3) is 0.250. The number of hydrogen-bond donors (Lipinski definition) is 1. The second kappa shape index (κ2) is 6.70. The summed E-state index contributed by atoms with van der Waals surface area (Å²) in [5.41, 5.74) is 3.20. The van der Waals surface area contributed by atoms with Gasteiger partial charge in [-0.1, -0.05) is 29.8 Å². The van der Waals surface area contributed by atoms with E-state index in [9.17, 15) is 14.9 Å². The number of allylic oxidation sites excluding steroid dienone is 2. The molecule has 3 unspecified atom stereocenters. The minimum absolute atomic E-state index is 0.0857. The number of nitrogens with zero attached hydrogens (tertiary/aromatic N) is 1. The van der Waals surface area contributed by atoms with Gasteiger partial charge in [-0.15, -0.1) is 0 Å². The highest BCUT2D eigenvalue weighted by molar-refractivity contribution is 6.32. The average molecular weight is 385 g/mol. The lowest BCUT2D eigenvalue weighted by Crippen LogP contribution is -2.29. The molecule has 0 bridgehead atoms. The maximum absolute atomic E-state index is 11.9. The first-order chi connectivity index (χ1) is 13.0.